The van der Waals surface area contributed by atoms with Gasteiger partial charge in [-0.25, -0.2) is 18.2 Å². The van der Waals surface area contributed by atoms with E-state index in [9.17, 15) is 8.42 Å². The summed E-state index contributed by atoms with van der Waals surface area (Å²) >= 11 is 0. The van der Waals surface area contributed by atoms with Crippen LogP contribution in [-0.4, -0.2) is 58.4 Å². The third kappa shape index (κ3) is 5.16. The summed E-state index contributed by atoms with van der Waals surface area (Å²) in [5.74, 6) is 0.387. The Hall–Kier alpha value is -1.04. The minimum absolute atomic E-state index is 0.125. The minimum atomic E-state index is -3.48. The van der Waals surface area contributed by atoms with Gasteiger partial charge in [-0.15, -0.1) is 5.10 Å². The molecule has 1 aromatic rings. The first-order valence-corrected chi connectivity index (χ1v) is 6.21. The molecule has 0 saturated carbocycles. The number of nitrogens with one attached hydrogen (secondary N) is 2. The molecule has 0 aliphatic rings. The number of hydrogen-bond donors (Lipinski definition) is 4. The van der Waals surface area contributed by atoms with Crippen molar-refractivity contribution in [2.24, 2.45) is 0 Å². The fraction of sp³-hybridized carbons (Fsp3) is 0.800. The van der Waals surface area contributed by atoms with Crippen LogP contribution >= 0.6 is 0 Å². The highest BCUT2D eigenvalue weighted by molar-refractivity contribution is 7.89. The average Bonchev–Trinajstić information content (AvgIpc) is 2.68. The van der Waals surface area contributed by atoms with Crippen molar-refractivity contribution >= 4 is 17.1 Å². The standard InChI is InChI=1S/C5H12BN5O4S/c12-6(13)4-7-16(14,15)3-1-2-5-8-10-11-9-5/h7,12-13H,1-4H2,(H,8,9,10,11). The van der Waals surface area contributed by atoms with Crippen LogP contribution in [0.5, 0.6) is 0 Å². The molecule has 0 atom stereocenters. The van der Waals surface area contributed by atoms with Gasteiger partial charge in [0, 0.05) is 12.9 Å². The van der Waals surface area contributed by atoms with Crippen LogP contribution < -0.4 is 4.72 Å². The second-order valence-electron chi connectivity index (χ2n) is 3.10. The summed E-state index contributed by atoms with van der Waals surface area (Å²) in [6.45, 7) is 0. The molecular formula is C5H12BN5O4S. The highest BCUT2D eigenvalue weighted by Gasteiger charge is 2.14. The Morgan fingerprint density at radius 1 is 1.44 bits per heavy atom. The van der Waals surface area contributed by atoms with Crippen LogP contribution in [0.25, 0.3) is 0 Å². The first kappa shape index (κ1) is 13.0. The lowest BCUT2D eigenvalue weighted by Gasteiger charge is -2.04. The second-order valence-corrected chi connectivity index (χ2v) is 5.03. The monoisotopic (exact) mass is 249 g/mol. The van der Waals surface area contributed by atoms with Crippen molar-refractivity contribution < 1.29 is 18.5 Å². The van der Waals surface area contributed by atoms with E-state index >= 15 is 0 Å². The largest absolute Gasteiger partial charge is 0.467 e. The zero-order valence-corrected chi connectivity index (χ0v) is 9.18. The second kappa shape index (κ2) is 5.89. The van der Waals surface area contributed by atoms with Crippen LogP contribution in [-0.2, 0) is 16.4 Å². The molecule has 0 radical (unpaired) electrons. The summed E-state index contributed by atoms with van der Waals surface area (Å²) in [4.78, 5) is 0. The minimum Gasteiger partial charge on any atom is -0.426 e. The molecule has 0 unspecified atom stereocenters. The Balaban J connectivity index is 2.26. The van der Waals surface area contributed by atoms with Gasteiger partial charge in [0.2, 0.25) is 10.0 Å². The molecule has 0 aliphatic carbocycles. The average molecular weight is 249 g/mol. The van der Waals surface area contributed by atoms with Gasteiger partial charge in [-0.1, -0.05) is 0 Å². The van der Waals surface area contributed by atoms with Gasteiger partial charge in [0.1, 0.15) is 5.82 Å². The van der Waals surface area contributed by atoms with Gasteiger partial charge in [0.05, 0.1) is 5.75 Å². The van der Waals surface area contributed by atoms with Gasteiger partial charge in [0.15, 0.2) is 0 Å². The van der Waals surface area contributed by atoms with Gasteiger partial charge in [-0.3, -0.25) is 0 Å². The Bertz CT molecular complexity index is 393. The van der Waals surface area contributed by atoms with Gasteiger partial charge < -0.3 is 10.0 Å². The lowest BCUT2D eigenvalue weighted by molar-refractivity contribution is 0.404. The summed E-state index contributed by atoms with van der Waals surface area (Å²) in [6.07, 6.45) is 0.343. The smallest absolute Gasteiger partial charge is 0.426 e. The number of aryl methyl sites for hydroxylation is 1. The van der Waals surface area contributed by atoms with Gasteiger partial charge in [0.25, 0.3) is 0 Å². The Kier molecular flexibility index (Phi) is 4.80. The third-order valence-corrected chi connectivity index (χ3v) is 3.13. The molecule has 11 heteroatoms. The molecule has 16 heavy (non-hydrogen) atoms. The Labute approximate surface area is 92.5 Å². The Morgan fingerprint density at radius 3 is 2.75 bits per heavy atom. The van der Waals surface area contributed by atoms with E-state index in [2.05, 4.69) is 20.6 Å². The zero-order chi connectivity index (χ0) is 12.0. The van der Waals surface area contributed by atoms with E-state index in [1.807, 2.05) is 4.72 Å². The first-order valence-electron chi connectivity index (χ1n) is 4.56. The maximum absolute atomic E-state index is 11.3. The molecule has 9 nitrogen and oxygen atoms in total. The van der Waals surface area contributed by atoms with Crippen molar-refractivity contribution in [2.75, 3.05) is 12.2 Å². The molecule has 0 amide bonds. The highest BCUT2D eigenvalue weighted by Crippen LogP contribution is 1.95. The summed E-state index contributed by atoms with van der Waals surface area (Å²) in [5, 5.41) is 29.8. The maximum atomic E-state index is 11.3. The molecule has 1 heterocycles. The predicted octanol–water partition coefficient (Wildman–Crippen LogP) is -2.94. The van der Waals surface area contributed by atoms with Crippen LogP contribution in [0.3, 0.4) is 0 Å². The van der Waals surface area contributed by atoms with E-state index in [1.165, 1.54) is 0 Å². The molecular weight excluding hydrogens is 237 g/mol. The molecule has 0 fully saturated rings. The summed E-state index contributed by atoms with van der Waals surface area (Å²) in [5.41, 5.74) is 0. The van der Waals surface area contributed by atoms with Crippen LogP contribution in [0, 0.1) is 0 Å². The first-order chi connectivity index (χ1) is 7.49. The number of aromatic nitrogens is 4. The predicted molar refractivity (Wildman–Crippen MR) is 54.5 cm³/mol. The van der Waals surface area contributed by atoms with E-state index in [0.717, 1.165) is 0 Å². The number of H-pyrrole nitrogens is 1. The van der Waals surface area contributed by atoms with Crippen molar-refractivity contribution in [1.29, 1.82) is 0 Å². The van der Waals surface area contributed by atoms with Crippen LogP contribution in [0.1, 0.15) is 12.2 Å². The molecule has 1 rings (SSSR count). The number of sulfonamides is 1. The fourth-order valence-corrected chi connectivity index (χ4v) is 2.06. The van der Waals surface area contributed by atoms with E-state index in [0.29, 0.717) is 18.7 Å². The van der Waals surface area contributed by atoms with Crippen molar-refractivity contribution in [1.82, 2.24) is 25.3 Å². The molecule has 0 aliphatic heterocycles. The number of hydrogen-bond acceptors (Lipinski definition) is 7. The topological polar surface area (TPSA) is 141 Å². The number of aromatic amines is 1. The number of nitrogens with zero attached hydrogens (tertiary/aromatic N) is 3. The molecule has 90 valence electrons. The van der Waals surface area contributed by atoms with Crippen molar-refractivity contribution in [3.05, 3.63) is 5.82 Å². The van der Waals surface area contributed by atoms with Gasteiger partial charge >= 0.3 is 7.12 Å². The number of rotatable bonds is 7. The third-order valence-electron chi connectivity index (χ3n) is 1.70. The number of tetrazole rings is 1. The molecule has 1 aromatic heterocycles. The van der Waals surface area contributed by atoms with Gasteiger partial charge in [-0.05, 0) is 16.8 Å². The Morgan fingerprint density at radius 2 is 2.19 bits per heavy atom. The molecule has 0 spiro atoms. The van der Waals surface area contributed by atoms with Crippen molar-refractivity contribution in [3.63, 3.8) is 0 Å². The van der Waals surface area contributed by atoms with E-state index < -0.39 is 23.6 Å². The van der Waals surface area contributed by atoms with Crippen molar-refractivity contribution in [2.45, 2.75) is 12.8 Å². The van der Waals surface area contributed by atoms with Crippen LogP contribution in [0.2, 0.25) is 0 Å². The van der Waals surface area contributed by atoms with Crippen LogP contribution in [0.4, 0.5) is 0 Å². The van der Waals surface area contributed by atoms with E-state index in [4.69, 9.17) is 10.0 Å². The van der Waals surface area contributed by atoms with Crippen molar-refractivity contribution in [3.8, 4) is 0 Å². The molecule has 4 N–H and O–H groups in total. The quantitative estimate of drug-likeness (QED) is 0.379. The zero-order valence-electron chi connectivity index (χ0n) is 8.37. The summed E-state index contributed by atoms with van der Waals surface area (Å²) in [6, 6.07) is 0. The SMILES string of the molecule is O=S(=O)(CCCc1nnn[nH]1)NCB(O)O. The van der Waals surface area contributed by atoms with Gasteiger partial charge in [-0.2, -0.15) is 0 Å². The summed E-state index contributed by atoms with van der Waals surface area (Å²) in [7, 11) is -5.17. The normalized spacial score (nSPS) is 11.6. The van der Waals surface area contributed by atoms with E-state index in [-0.39, 0.29) is 5.75 Å². The molecule has 0 saturated heterocycles. The summed E-state index contributed by atoms with van der Waals surface area (Å²) < 4.78 is 24.6. The highest BCUT2D eigenvalue weighted by atomic mass is 32.2. The lowest BCUT2D eigenvalue weighted by atomic mass is 9.94. The molecule has 0 bridgehead atoms. The maximum Gasteiger partial charge on any atom is 0.467 e. The molecule has 0 aromatic carbocycles. The van der Waals surface area contributed by atoms with Crippen LogP contribution in [0.15, 0.2) is 0 Å². The van der Waals surface area contributed by atoms with E-state index in [1.54, 1.807) is 0 Å². The lowest BCUT2D eigenvalue weighted by Crippen LogP contribution is -2.36. The fourth-order valence-electron chi connectivity index (χ4n) is 0.988.